The lowest BCUT2D eigenvalue weighted by molar-refractivity contribution is -0.129. The summed E-state index contributed by atoms with van der Waals surface area (Å²) in [5.41, 5.74) is 1.58. The van der Waals surface area contributed by atoms with E-state index >= 15 is 0 Å². The third kappa shape index (κ3) is 4.71. The lowest BCUT2D eigenvalue weighted by Crippen LogP contribution is -2.48. The maximum absolute atomic E-state index is 13.5. The minimum atomic E-state index is -0.529. The molecule has 0 unspecified atom stereocenters. The van der Waals surface area contributed by atoms with Crippen molar-refractivity contribution in [3.05, 3.63) is 59.4 Å². The van der Waals surface area contributed by atoms with E-state index in [0.29, 0.717) is 37.6 Å². The van der Waals surface area contributed by atoms with Crippen LogP contribution < -0.4 is 10.2 Å². The van der Waals surface area contributed by atoms with Gasteiger partial charge in [-0.15, -0.1) is 0 Å². The number of halogens is 1. The van der Waals surface area contributed by atoms with E-state index in [1.807, 2.05) is 4.90 Å². The van der Waals surface area contributed by atoms with Crippen LogP contribution in [0.3, 0.4) is 0 Å². The fraction of sp³-hybridized carbons (Fsp3) is 0.286. The van der Waals surface area contributed by atoms with E-state index in [0.717, 1.165) is 6.07 Å². The average molecular weight is 399 g/mol. The molecule has 1 aliphatic heterocycles. The normalized spacial score (nSPS) is 13.8. The van der Waals surface area contributed by atoms with Crippen LogP contribution in [0.4, 0.5) is 15.8 Å². The number of ether oxygens (including phenoxy) is 1. The average Bonchev–Trinajstić information content (AvgIpc) is 2.73. The van der Waals surface area contributed by atoms with Gasteiger partial charge in [0.05, 0.1) is 24.0 Å². The Morgan fingerprint density at radius 3 is 2.34 bits per heavy atom. The molecule has 1 heterocycles. The van der Waals surface area contributed by atoms with Crippen molar-refractivity contribution in [2.75, 3.05) is 43.5 Å². The molecule has 0 spiro atoms. The molecule has 8 heteroatoms. The van der Waals surface area contributed by atoms with Crippen molar-refractivity contribution in [3.63, 3.8) is 0 Å². The second-order valence-corrected chi connectivity index (χ2v) is 6.68. The van der Waals surface area contributed by atoms with Crippen molar-refractivity contribution in [2.24, 2.45) is 0 Å². The number of nitrogens with one attached hydrogen (secondary N) is 1. The standard InChI is InChI=1S/C21H22FN3O4/c1-14(26)24-8-10-25(11-9-24)19-7-6-16(21(28)29-2)13-18(19)23-20(27)15-4-3-5-17(22)12-15/h3-7,12-13H,8-11H2,1-2H3,(H,23,27). The van der Waals surface area contributed by atoms with Crippen molar-refractivity contribution >= 4 is 29.2 Å². The molecule has 2 aromatic rings. The van der Waals surface area contributed by atoms with Crippen LogP contribution in [0, 0.1) is 5.82 Å². The molecule has 1 fully saturated rings. The molecule has 0 saturated carbocycles. The Kier molecular flexibility index (Phi) is 6.11. The first-order valence-corrected chi connectivity index (χ1v) is 9.19. The predicted octanol–water partition coefficient (Wildman–Crippen LogP) is 2.53. The largest absolute Gasteiger partial charge is 0.465 e. The van der Waals surface area contributed by atoms with Gasteiger partial charge in [-0.05, 0) is 36.4 Å². The van der Waals surface area contributed by atoms with Gasteiger partial charge in [-0.2, -0.15) is 0 Å². The van der Waals surface area contributed by atoms with Crippen molar-refractivity contribution < 1.29 is 23.5 Å². The summed E-state index contributed by atoms with van der Waals surface area (Å²) in [4.78, 5) is 39.9. The maximum Gasteiger partial charge on any atom is 0.337 e. The summed E-state index contributed by atoms with van der Waals surface area (Å²) >= 11 is 0. The van der Waals surface area contributed by atoms with Gasteiger partial charge >= 0.3 is 5.97 Å². The molecule has 0 radical (unpaired) electrons. The van der Waals surface area contributed by atoms with Crippen molar-refractivity contribution in [3.8, 4) is 0 Å². The van der Waals surface area contributed by atoms with E-state index < -0.39 is 17.7 Å². The van der Waals surface area contributed by atoms with E-state index in [1.54, 1.807) is 17.0 Å². The second-order valence-electron chi connectivity index (χ2n) is 6.68. The molecule has 0 bridgehead atoms. The van der Waals surface area contributed by atoms with Gasteiger partial charge < -0.3 is 19.9 Å². The Labute approximate surface area is 168 Å². The number of anilines is 2. The number of piperazine rings is 1. The van der Waals surface area contributed by atoms with Crippen LogP contribution in [0.5, 0.6) is 0 Å². The van der Waals surface area contributed by atoms with Crippen molar-refractivity contribution in [2.45, 2.75) is 6.92 Å². The van der Waals surface area contributed by atoms with Gasteiger partial charge in [0.25, 0.3) is 5.91 Å². The topological polar surface area (TPSA) is 79.0 Å². The molecule has 2 amide bonds. The highest BCUT2D eigenvalue weighted by molar-refractivity contribution is 6.06. The highest BCUT2D eigenvalue weighted by Crippen LogP contribution is 2.29. The zero-order valence-corrected chi connectivity index (χ0v) is 16.3. The van der Waals surface area contributed by atoms with Gasteiger partial charge in [0.15, 0.2) is 0 Å². The van der Waals surface area contributed by atoms with Gasteiger partial charge in [-0.1, -0.05) is 6.07 Å². The van der Waals surface area contributed by atoms with Crippen LogP contribution >= 0.6 is 0 Å². The summed E-state index contributed by atoms with van der Waals surface area (Å²) in [7, 11) is 1.28. The molecule has 3 rings (SSSR count). The Morgan fingerprint density at radius 1 is 1.00 bits per heavy atom. The monoisotopic (exact) mass is 399 g/mol. The first-order chi connectivity index (χ1) is 13.9. The molecular weight excluding hydrogens is 377 g/mol. The third-order valence-electron chi connectivity index (χ3n) is 4.82. The Hall–Kier alpha value is -3.42. The highest BCUT2D eigenvalue weighted by atomic mass is 19.1. The zero-order valence-electron chi connectivity index (χ0n) is 16.3. The number of hydrogen-bond acceptors (Lipinski definition) is 5. The van der Waals surface area contributed by atoms with Gasteiger partial charge in [0.2, 0.25) is 5.91 Å². The van der Waals surface area contributed by atoms with Crippen LogP contribution in [-0.4, -0.2) is 56.0 Å². The summed E-state index contributed by atoms with van der Waals surface area (Å²) < 4.78 is 18.2. The molecule has 0 aromatic heterocycles. The lowest BCUT2D eigenvalue weighted by atomic mass is 10.1. The van der Waals surface area contributed by atoms with E-state index in [9.17, 15) is 18.8 Å². The van der Waals surface area contributed by atoms with E-state index in [2.05, 4.69) is 5.32 Å². The molecule has 7 nitrogen and oxygen atoms in total. The SMILES string of the molecule is COC(=O)c1ccc(N2CCN(C(C)=O)CC2)c(NC(=O)c2cccc(F)c2)c1. The molecule has 1 saturated heterocycles. The number of nitrogens with zero attached hydrogens (tertiary/aromatic N) is 2. The second kappa shape index (κ2) is 8.72. The Balaban J connectivity index is 1.89. The van der Waals surface area contributed by atoms with Crippen LogP contribution in [-0.2, 0) is 9.53 Å². The van der Waals surface area contributed by atoms with E-state index in [4.69, 9.17) is 4.74 Å². The number of esters is 1. The van der Waals surface area contributed by atoms with E-state index in [-0.39, 0.29) is 17.0 Å². The third-order valence-corrected chi connectivity index (χ3v) is 4.82. The minimum absolute atomic E-state index is 0.0188. The summed E-state index contributed by atoms with van der Waals surface area (Å²) in [6.45, 7) is 3.82. The summed E-state index contributed by atoms with van der Waals surface area (Å²) in [6, 6.07) is 10.3. The van der Waals surface area contributed by atoms with Crippen LogP contribution in [0.2, 0.25) is 0 Å². The number of methoxy groups -OCH3 is 1. The maximum atomic E-state index is 13.5. The molecule has 0 atom stereocenters. The van der Waals surface area contributed by atoms with Gasteiger partial charge in [0, 0.05) is 38.7 Å². The number of carbonyl (C=O) groups is 3. The fourth-order valence-corrected chi connectivity index (χ4v) is 3.24. The number of rotatable bonds is 4. The smallest absolute Gasteiger partial charge is 0.337 e. The fourth-order valence-electron chi connectivity index (χ4n) is 3.24. The summed E-state index contributed by atoms with van der Waals surface area (Å²) in [5, 5.41) is 2.77. The molecule has 29 heavy (non-hydrogen) atoms. The van der Waals surface area contributed by atoms with Crippen LogP contribution in [0.15, 0.2) is 42.5 Å². The van der Waals surface area contributed by atoms with Crippen molar-refractivity contribution in [1.29, 1.82) is 0 Å². The first-order valence-electron chi connectivity index (χ1n) is 9.19. The first kappa shape index (κ1) is 20.3. The zero-order chi connectivity index (χ0) is 21.0. The van der Waals surface area contributed by atoms with Gasteiger partial charge in [0.1, 0.15) is 5.82 Å². The number of carbonyl (C=O) groups excluding carboxylic acids is 3. The van der Waals surface area contributed by atoms with Gasteiger partial charge in [-0.3, -0.25) is 9.59 Å². The Bertz CT molecular complexity index is 939. The summed E-state index contributed by atoms with van der Waals surface area (Å²) in [6.07, 6.45) is 0. The molecular formula is C21H22FN3O4. The Morgan fingerprint density at radius 2 is 1.72 bits per heavy atom. The highest BCUT2D eigenvalue weighted by Gasteiger charge is 2.22. The van der Waals surface area contributed by atoms with Crippen molar-refractivity contribution in [1.82, 2.24) is 4.90 Å². The van der Waals surface area contributed by atoms with Crippen LogP contribution in [0.1, 0.15) is 27.6 Å². The predicted molar refractivity (Wildman–Crippen MR) is 107 cm³/mol. The molecule has 2 aromatic carbocycles. The quantitative estimate of drug-likeness (QED) is 0.800. The number of hydrogen-bond donors (Lipinski definition) is 1. The molecule has 0 aliphatic carbocycles. The van der Waals surface area contributed by atoms with Gasteiger partial charge in [-0.25, -0.2) is 9.18 Å². The lowest BCUT2D eigenvalue weighted by Gasteiger charge is -2.36. The molecule has 1 N–H and O–H groups in total. The van der Waals surface area contributed by atoms with E-state index in [1.165, 1.54) is 38.3 Å². The number of amides is 2. The summed E-state index contributed by atoms with van der Waals surface area (Å²) in [5.74, 6) is -1.51. The minimum Gasteiger partial charge on any atom is -0.465 e. The number of benzene rings is 2. The molecule has 152 valence electrons. The molecule has 1 aliphatic rings. The van der Waals surface area contributed by atoms with Crippen LogP contribution in [0.25, 0.3) is 0 Å².